The van der Waals surface area contributed by atoms with Crippen LogP contribution in [0.2, 0.25) is 0 Å². The summed E-state index contributed by atoms with van der Waals surface area (Å²) in [6, 6.07) is 32.5. The van der Waals surface area contributed by atoms with E-state index in [2.05, 4.69) is 60.7 Å². The molecule has 4 heteroatoms. The molecule has 170 valence electrons. The van der Waals surface area contributed by atoms with Gasteiger partial charge < -0.3 is 11.5 Å². The van der Waals surface area contributed by atoms with Crippen LogP contribution in [-0.2, 0) is 0 Å². The molecule has 7 rings (SSSR count). The number of primary amides is 2. The second-order valence-corrected chi connectivity index (χ2v) is 9.22. The van der Waals surface area contributed by atoms with Gasteiger partial charge in [0.2, 0.25) is 11.8 Å². The lowest BCUT2D eigenvalue weighted by Crippen LogP contribution is -2.22. The highest BCUT2D eigenvalue weighted by molar-refractivity contribution is 6.36. The Labute approximate surface area is 206 Å². The van der Waals surface area contributed by atoms with Crippen molar-refractivity contribution in [3.63, 3.8) is 0 Å². The molecule has 36 heavy (non-hydrogen) atoms. The fourth-order valence-electron chi connectivity index (χ4n) is 5.95. The number of amides is 2. The molecule has 0 atom stereocenters. The van der Waals surface area contributed by atoms with Crippen LogP contribution in [0.3, 0.4) is 0 Å². The quantitative estimate of drug-likeness (QED) is 0.224. The van der Waals surface area contributed by atoms with Crippen LogP contribution in [0.5, 0.6) is 0 Å². The fraction of sp³-hybridized carbons (Fsp3) is 0. The van der Waals surface area contributed by atoms with Gasteiger partial charge in [-0.15, -0.1) is 0 Å². The molecule has 0 aromatic heterocycles. The maximum absolute atomic E-state index is 12.9. The van der Waals surface area contributed by atoms with E-state index >= 15 is 0 Å². The first-order chi connectivity index (χ1) is 17.5. The molecule has 0 heterocycles. The molecule has 0 saturated carbocycles. The maximum atomic E-state index is 12.9. The Kier molecular flexibility index (Phi) is 4.12. The van der Waals surface area contributed by atoms with E-state index < -0.39 is 11.8 Å². The molecule has 4 N–H and O–H groups in total. The van der Waals surface area contributed by atoms with Crippen molar-refractivity contribution in [1.82, 2.24) is 0 Å². The zero-order valence-electron chi connectivity index (χ0n) is 19.2. The molecule has 4 nitrogen and oxygen atoms in total. The summed E-state index contributed by atoms with van der Waals surface area (Å²) in [6.07, 6.45) is 0. The SMILES string of the molecule is NC(=O)c1c(-c2ccc3cccc4c5cccc6cccc(c2c34)c65)cc2ccccc2c1C(N)=O. The second-order valence-electron chi connectivity index (χ2n) is 9.22. The minimum Gasteiger partial charge on any atom is -0.366 e. The van der Waals surface area contributed by atoms with Gasteiger partial charge in [0.25, 0.3) is 0 Å². The van der Waals surface area contributed by atoms with E-state index in [0.29, 0.717) is 10.9 Å². The molecule has 0 aliphatic carbocycles. The number of carbonyl (C=O) groups is 2. The minimum atomic E-state index is -0.681. The van der Waals surface area contributed by atoms with Crippen LogP contribution >= 0.6 is 0 Å². The highest BCUT2D eigenvalue weighted by atomic mass is 16.2. The summed E-state index contributed by atoms with van der Waals surface area (Å²) in [6.45, 7) is 0. The van der Waals surface area contributed by atoms with Gasteiger partial charge in [-0.1, -0.05) is 91.0 Å². The first kappa shape index (κ1) is 20.4. The molecule has 2 amide bonds. The van der Waals surface area contributed by atoms with E-state index in [1.54, 1.807) is 6.07 Å². The van der Waals surface area contributed by atoms with Crippen molar-refractivity contribution in [1.29, 1.82) is 0 Å². The van der Waals surface area contributed by atoms with Crippen molar-refractivity contribution < 1.29 is 9.59 Å². The van der Waals surface area contributed by atoms with E-state index in [1.165, 1.54) is 10.8 Å². The smallest absolute Gasteiger partial charge is 0.250 e. The summed E-state index contributed by atoms with van der Waals surface area (Å²) in [4.78, 5) is 25.6. The number of benzene rings is 7. The lowest BCUT2D eigenvalue weighted by molar-refractivity contribution is 0.0969. The van der Waals surface area contributed by atoms with Gasteiger partial charge in [0, 0.05) is 0 Å². The number of nitrogens with two attached hydrogens (primary N) is 2. The minimum absolute atomic E-state index is 0.153. The van der Waals surface area contributed by atoms with Crippen LogP contribution in [0.4, 0.5) is 0 Å². The van der Waals surface area contributed by atoms with Crippen molar-refractivity contribution in [2.24, 2.45) is 11.5 Å². The molecule has 0 radical (unpaired) electrons. The first-order valence-corrected chi connectivity index (χ1v) is 11.8. The third-order valence-corrected chi connectivity index (χ3v) is 7.34. The molecule has 0 spiro atoms. The number of hydrogen-bond donors (Lipinski definition) is 2. The predicted molar refractivity (Wildman–Crippen MR) is 148 cm³/mol. The van der Waals surface area contributed by atoms with E-state index in [0.717, 1.165) is 43.3 Å². The third-order valence-electron chi connectivity index (χ3n) is 7.34. The lowest BCUT2D eigenvalue weighted by Gasteiger charge is -2.20. The van der Waals surface area contributed by atoms with Gasteiger partial charge in [0.05, 0.1) is 11.1 Å². The van der Waals surface area contributed by atoms with Crippen LogP contribution < -0.4 is 11.5 Å². The van der Waals surface area contributed by atoms with Gasteiger partial charge in [0.15, 0.2) is 0 Å². The van der Waals surface area contributed by atoms with E-state index in [4.69, 9.17) is 11.5 Å². The van der Waals surface area contributed by atoms with Crippen molar-refractivity contribution in [2.75, 3.05) is 0 Å². The first-order valence-electron chi connectivity index (χ1n) is 11.8. The van der Waals surface area contributed by atoms with Gasteiger partial charge in [-0.3, -0.25) is 9.59 Å². The Hall–Kier alpha value is -4.96. The third kappa shape index (κ3) is 2.64. The normalized spacial score (nSPS) is 11.8. The Balaban J connectivity index is 1.77. The van der Waals surface area contributed by atoms with Crippen molar-refractivity contribution in [3.8, 4) is 11.1 Å². The van der Waals surface area contributed by atoms with E-state index in [1.807, 2.05) is 30.3 Å². The Morgan fingerprint density at radius 2 is 1.00 bits per heavy atom. The average molecular weight is 465 g/mol. The van der Waals surface area contributed by atoms with Gasteiger partial charge in [-0.05, 0) is 71.1 Å². The van der Waals surface area contributed by atoms with Crippen molar-refractivity contribution >= 4 is 65.7 Å². The molecular weight excluding hydrogens is 444 g/mol. The highest BCUT2D eigenvalue weighted by Crippen LogP contribution is 2.45. The summed E-state index contributed by atoms with van der Waals surface area (Å²) >= 11 is 0. The van der Waals surface area contributed by atoms with E-state index in [9.17, 15) is 9.59 Å². The Morgan fingerprint density at radius 1 is 0.444 bits per heavy atom. The van der Waals surface area contributed by atoms with Crippen LogP contribution in [0.15, 0.2) is 97.1 Å². The fourth-order valence-corrected chi connectivity index (χ4v) is 5.95. The topological polar surface area (TPSA) is 86.2 Å². The zero-order valence-corrected chi connectivity index (χ0v) is 19.2. The summed E-state index contributed by atoms with van der Waals surface area (Å²) in [5.41, 5.74) is 13.5. The van der Waals surface area contributed by atoms with Gasteiger partial charge in [-0.25, -0.2) is 0 Å². The van der Waals surface area contributed by atoms with Gasteiger partial charge in [-0.2, -0.15) is 0 Å². The second kappa shape index (κ2) is 7.27. The van der Waals surface area contributed by atoms with Crippen LogP contribution in [-0.4, -0.2) is 11.8 Å². The van der Waals surface area contributed by atoms with Crippen LogP contribution in [0, 0.1) is 0 Å². The summed E-state index contributed by atoms with van der Waals surface area (Å²) in [5.74, 6) is -1.36. The number of fused-ring (bicyclic) bond motifs is 3. The lowest BCUT2D eigenvalue weighted by atomic mass is 9.83. The maximum Gasteiger partial charge on any atom is 0.250 e. The largest absolute Gasteiger partial charge is 0.366 e. The van der Waals surface area contributed by atoms with Gasteiger partial charge in [0.1, 0.15) is 0 Å². The number of hydrogen-bond acceptors (Lipinski definition) is 2. The molecule has 7 aromatic carbocycles. The average Bonchev–Trinajstić information content (AvgIpc) is 2.90. The van der Waals surface area contributed by atoms with Crippen LogP contribution in [0.1, 0.15) is 20.7 Å². The van der Waals surface area contributed by atoms with Crippen molar-refractivity contribution in [3.05, 3.63) is 108 Å². The molecule has 0 fully saturated rings. The predicted octanol–water partition coefficient (Wildman–Crippen LogP) is 6.76. The molecule has 0 saturated heterocycles. The standard InChI is InChI=1S/C32H20N2O2/c33-31(35)29-20-10-2-1-6-19(20)16-25(30(29)32(34)36)23-15-14-18-9-4-12-22-21-11-3-7-17-8-5-13-24(26(17)21)28(23)27(18)22/h1-16H,(H2,33,35)(H2,34,36). The zero-order chi connectivity index (χ0) is 24.6. The van der Waals surface area contributed by atoms with E-state index in [-0.39, 0.29) is 11.1 Å². The highest BCUT2D eigenvalue weighted by Gasteiger charge is 2.24. The summed E-state index contributed by atoms with van der Waals surface area (Å²) in [7, 11) is 0. The Morgan fingerprint density at radius 3 is 1.69 bits per heavy atom. The number of rotatable bonds is 3. The molecule has 0 aliphatic rings. The van der Waals surface area contributed by atoms with Crippen molar-refractivity contribution in [2.45, 2.75) is 0 Å². The molecule has 0 aliphatic heterocycles. The van der Waals surface area contributed by atoms with Gasteiger partial charge >= 0.3 is 0 Å². The monoisotopic (exact) mass is 464 g/mol. The number of carbonyl (C=O) groups excluding carboxylic acids is 2. The summed E-state index contributed by atoms with van der Waals surface area (Å²) < 4.78 is 0. The molecule has 0 unspecified atom stereocenters. The molecule has 7 aromatic rings. The van der Waals surface area contributed by atoms with Crippen LogP contribution in [0.25, 0.3) is 65.0 Å². The molecular formula is C32H20N2O2. The Bertz CT molecular complexity index is 2050. The summed E-state index contributed by atoms with van der Waals surface area (Å²) in [5, 5.41) is 10.4. The molecule has 0 bridgehead atoms.